The maximum absolute atomic E-state index is 13.5. The lowest BCUT2D eigenvalue weighted by molar-refractivity contribution is 0.0696. The Morgan fingerprint density at radius 1 is 1.33 bits per heavy atom. The number of carboxylic acids is 1. The molecule has 0 spiro atoms. The summed E-state index contributed by atoms with van der Waals surface area (Å²) in [4.78, 5) is 19.0. The SMILES string of the molecule is Cc1cnc(Sc2cc(C(=O)O)ccc2F)nc1. The van der Waals surface area contributed by atoms with Gasteiger partial charge in [0.2, 0.25) is 0 Å². The van der Waals surface area contributed by atoms with Gasteiger partial charge in [0.15, 0.2) is 5.16 Å². The lowest BCUT2D eigenvalue weighted by Gasteiger charge is -2.03. The number of benzene rings is 1. The Morgan fingerprint density at radius 3 is 2.61 bits per heavy atom. The first kappa shape index (κ1) is 12.5. The Kier molecular flexibility index (Phi) is 3.57. The van der Waals surface area contributed by atoms with Gasteiger partial charge >= 0.3 is 5.97 Å². The van der Waals surface area contributed by atoms with Gasteiger partial charge in [-0.05, 0) is 42.4 Å². The summed E-state index contributed by atoms with van der Waals surface area (Å²) >= 11 is 0.994. The quantitative estimate of drug-likeness (QED) is 0.864. The van der Waals surface area contributed by atoms with Crippen LogP contribution in [0.5, 0.6) is 0 Å². The third-order valence-electron chi connectivity index (χ3n) is 2.14. The monoisotopic (exact) mass is 264 g/mol. The first-order chi connectivity index (χ1) is 8.56. The number of aryl methyl sites for hydroxylation is 1. The predicted molar refractivity (Wildman–Crippen MR) is 64.3 cm³/mol. The van der Waals surface area contributed by atoms with Crippen LogP contribution >= 0.6 is 11.8 Å². The summed E-state index contributed by atoms with van der Waals surface area (Å²) in [5.41, 5.74) is 0.935. The van der Waals surface area contributed by atoms with E-state index in [2.05, 4.69) is 9.97 Å². The van der Waals surface area contributed by atoms with Crippen molar-refractivity contribution in [2.75, 3.05) is 0 Å². The molecule has 0 atom stereocenters. The van der Waals surface area contributed by atoms with Gasteiger partial charge in [0.05, 0.1) is 10.5 Å². The van der Waals surface area contributed by atoms with Crippen molar-refractivity contribution >= 4 is 17.7 Å². The molecule has 0 unspecified atom stereocenters. The molecule has 0 aliphatic heterocycles. The second kappa shape index (κ2) is 5.14. The molecule has 1 heterocycles. The van der Waals surface area contributed by atoms with Gasteiger partial charge in [0, 0.05) is 12.4 Å². The average molecular weight is 264 g/mol. The summed E-state index contributed by atoms with van der Waals surface area (Å²) in [6, 6.07) is 3.61. The third-order valence-corrected chi connectivity index (χ3v) is 3.06. The first-order valence-corrected chi connectivity index (χ1v) is 5.87. The Morgan fingerprint density at radius 2 is 2.00 bits per heavy atom. The molecule has 18 heavy (non-hydrogen) atoms. The maximum atomic E-state index is 13.5. The minimum absolute atomic E-state index is 0.0333. The number of aromatic nitrogens is 2. The average Bonchev–Trinajstić information content (AvgIpc) is 2.34. The summed E-state index contributed by atoms with van der Waals surface area (Å²) in [6.07, 6.45) is 3.24. The number of nitrogens with zero attached hydrogens (tertiary/aromatic N) is 2. The minimum atomic E-state index is -1.10. The molecule has 4 nitrogen and oxygen atoms in total. The summed E-state index contributed by atoms with van der Waals surface area (Å²) in [5.74, 6) is -1.59. The first-order valence-electron chi connectivity index (χ1n) is 5.05. The lowest BCUT2D eigenvalue weighted by atomic mass is 10.2. The van der Waals surface area contributed by atoms with Gasteiger partial charge in [-0.15, -0.1) is 0 Å². The van der Waals surface area contributed by atoms with Gasteiger partial charge in [-0.25, -0.2) is 19.2 Å². The molecule has 0 amide bonds. The molecule has 2 rings (SSSR count). The minimum Gasteiger partial charge on any atom is -0.478 e. The van der Waals surface area contributed by atoms with E-state index in [4.69, 9.17) is 5.11 Å². The van der Waals surface area contributed by atoms with E-state index in [1.807, 2.05) is 6.92 Å². The van der Waals surface area contributed by atoms with Crippen molar-refractivity contribution in [3.05, 3.63) is 47.5 Å². The van der Waals surface area contributed by atoms with E-state index < -0.39 is 11.8 Å². The largest absolute Gasteiger partial charge is 0.478 e. The molecule has 0 saturated heterocycles. The van der Waals surface area contributed by atoms with Crippen molar-refractivity contribution in [1.29, 1.82) is 0 Å². The molecule has 0 saturated carbocycles. The number of hydrogen-bond acceptors (Lipinski definition) is 4. The van der Waals surface area contributed by atoms with Gasteiger partial charge in [-0.2, -0.15) is 0 Å². The normalized spacial score (nSPS) is 10.3. The van der Waals surface area contributed by atoms with E-state index >= 15 is 0 Å². The zero-order chi connectivity index (χ0) is 13.1. The van der Waals surface area contributed by atoms with E-state index in [0.717, 1.165) is 23.4 Å². The summed E-state index contributed by atoms with van der Waals surface area (Å²) in [5, 5.41) is 9.22. The highest BCUT2D eigenvalue weighted by Crippen LogP contribution is 2.27. The molecular formula is C12H9FN2O2S. The van der Waals surface area contributed by atoms with Gasteiger partial charge < -0.3 is 5.11 Å². The molecule has 1 aromatic heterocycles. The molecule has 1 N–H and O–H groups in total. The van der Waals surface area contributed by atoms with Crippen LogP contribution in [0.2, 0.25) is 0 Å². The number of rotatable bonds is 3. The summed E-state index contributed by atoms with van der Waals surface area (Å²) in [6.45, 7) is 1.85. The highest BCUT2D eigenvalue weighted by atomic mass is 32.2. The van der Waals surface area contributed by atoms with Crippen LogP contribution in [0.25, 0.3) is 0 Å². The van der Waals surface area contributed by atoms with Crippen LogP contribution in [0.15, 0.2) is 40.6 Å². The number of hydrogen-bond donors (Lipinski definition) is 1. The molecule has 6 heteroatoms. The van der Waals surface area contributed by atoms with E-state index in [1.165, 1.54) is 12.1 Å². The second-order valence-corrected chi connectivity index (χ2v) is 4.60. The number of carbonyl (C=O) groups is 1. The van der Waals surface area contributed by atoms with E-state index in [1.54, 1.807) is 12.4 Å². The van der Waals surface area contributed by atoms with Crippen molar-refractivity contribution in [1.82, 2.24) is 9.97 Å². The fraction of sp³-hybridized carbons (Fsp3) is 0.0833. The lowest BCUT2D eigenvalue weighted by Crippen LogP contribution is -1.97. The van der Waals surface area contributed by atoms with Gasteiger partial charge in [0.25, 0.3) is 0 Å². The van der Waals surface area contributed by atoms with Crippen molar-refractivity contribution in [3.8, 4) is 0 Å². The molecule has 1 aromatic carbocycles. The molecule has 92 valence electrons. The molecule has 0 fully saturated rings. The highest BCUT2D eigenvalue weighted by molar-refractivity contribution is 7.99. The second-order valence-electron chi connectivity index (χ2n) is 3.60. The molecule has 0 aliphatic rings. The Labute approximate surface area is 107 Å². The van der Waals surface area contributed by atoms with Crippen molar-refractivity contribution in [2.24, 2.45) is 0 Å². The van der Waals surface area contributed by atoms with Crippen LogP contribution < -0.4 is 0 Å². The predicted octanol–water partition coefficient (Wildman–Crippen LogP) is 2.77. The van der Waals surface area contributed by atoms with Crippen LogP contribution in [0.4, 0.5) is 4.39 Å². The maximum Gasteiger partial charge on any atom is 0.335 e. The van der Waals surface area contributed by atoms with Crippen LogP contribution in [0.3, 0.4) is 0 Å². The standard InChI is InChI=1S/C12H9FN2O2S/c1-7-5-14-12(15-6-7)18-10-4-8(11(16)17)2-3-9(10)13/h2-6H,1H3,(H,16,17). The molecule has 2 aromatic rings. The molecular weight excluding hydrogens is 255 g/mol. The fourth-order valence-corrected chi connectivity index (χ4v) is 2.01. The van der Waals surface area contributed by atoms with Crippen molar-refractivity contribution < 1.29 is 14.3 Å². The van der Waals surface area contributed by atoms with E-state index in [-0.39, 0.29) is 10.5 Å². The van der Waals surface area contributed by atoms with Gasteiger partial charge in [-0.3, -0.25) is 0 Å². The number of aromatic carboxylic acids is 1. The smallest absolute Gasteiger partial charge is 0.335 e. The van der Waals surface area contributed by atoms with E-state index in [0.29, 0.717) is 5.16 Å². The zero-order valence-electron chi connectivity index (χ0n) is 9.42. The van der Waals surface area contributed by atoms with Crippen molar-refractivity contribution in [3.63, 3.8) is 0 Å². The van der Waals surface area contributed by atoms with Crippen LogP contribution in [0.1, 0.15) is 15.9 Å². The highest BCUT2D eigenvalue weighted by Gasteiger charge is 2.10. The van der Waals surface area contributed by atoms with Crippen molar-refractivity contribution in [2.45, 2.75) is 17.0 Å². The Hall–Kier alpha value is -1.95. The topological polar surface area (TPSA) is 63.1 Å². The fourth-order valence-electron chi connectivity index (χ4n) is 1.25. The van der Waals surface area contributed by atoms with E-state index in [9.17, 15) is 9.18 Å². The zero-order valence-corrected chi connectivity index (χ0v) is 10.2. The Bertz CT molecular complexity index is 587. The molecule has 0 bridgehead atoms. The number of halogens is 1. The van der Waals surface area contributed by atoms with Crippen LogP contribution in [0, 0.1) is 12.7 Å². The Balaban J connectivity index is 2.30. The summed E-state index contributed by atoms with van der Waals surface area (Å²) in [7, 11) is 0. The molecule has 0 radical (unpaired) electrons. The summed E-state index contributed by atoms with van der Waals surface area (Å²) < 4.78 is 13.5. The van der Waals surface area contributed by atoms with Crippen LogP contribution in [-0.4, -0.2) is 21.0 Å². The molecule has 0 aliphatic carbocycles. The van der Waals surface area contributed by atoms with Gasteiger partial charge in [-0.1, -0.05) is 0 Å². The third kappa shape index (κ3) is 2.84. The number of carboxylic acid groups (broad SMARTS) is 1. The van der Waals surface area contributed by atoms with Gasteiger partial charge in [0.1, 0.15) is 5.82 Å². The van der Waals surface area contributed by atoms with Crippen LogP contribution in [-0.2, 0) is 0 Å².